The molecule has 1 aromatic carbocycles. The Bertz CT molecular complexity index is 1170. The summed E-state index contributed by atoms with van der Waals surface area (Å²) in [7, 11) is 0. The SMILES string of the molecule is Cc1nc2n(c(=O)c1CCN1CCC(c3noc4cc(F)ccc34)CC1)CCC[C@H]2O.Cl. The summed E-state index contributed by atoms with van der Waals surface area (Å²) in [5, 5.41) is 15.3. The van der Waals surface area contributed by atoms with E-state index in [-0.39, 0.29) is 23.8 Å². The minimum absolute atomic E-state index is 0. The second-order valence-corrected chi connectivity index (χ2v) is 8.72. The van der Waals surface area contributed by atoms with Gasteiger partial charge in [0.15, 0.2) is 5.58 Å². The summed E-state index contributed by atoms with van der Waals surface area (Å²) in [5.41, 5.74) is 2.90. The van der Waals surface area contributed by atoms with Crippen LogP contribution in [0.3, 0.4) is 0 Å². The van der Waals surface area contributed by atoms with Gasteiger partial charge in [-0.15, -0.1) is 12.4 Å². The Morgan fingerprint density at radius 1 is 1.22 bits per heavy atom. The third-order valence-corrected chi connectivity index (χ3v) is 6.77. The minimum atomic E-state index is -0.641. The molecule has 0 spiro atoms. The summed E-state index contributed by atoms with van der Waals surface area (Å²) in [6.07, 6.45) is 3.38. The number of benzene rings is 1. The Morgan fingerprint density at radius 2 is 2.00 bits per heavy atom. The van der Waals surface area contributed by atoms with Crippen LogP contribution in [0.2, 0.25) is 0 Å². The van der Waals surface area contributed by atoms with Crippen molar-refractivity contribution in [1.29, 1.82) is 0 Å². The van der Waals surface area contributed by atoms with Gasteiger partial charge in [-0.1, -0.05) is 5.16 Å². The van der Waals surface area contributed by atoms with Gasteiger partial charge in [0.1, 0.15) is 17.7 Å². The van der Waals surface area contributed by atoms with Gasteiger partial charge >= 0.3 is 0 Å². The predicted octanol–water partition coefficient (Wildman–Crippen LogP) is 3.50. The van der Waals surface area contributed by atoms with E-state index in [1.807, 2.05) is 6.92 Å². The molecule has 2 aliphatic heterocycles. The maximum Gasteiger partial charge on any atom is 0.257 e. The first-order chi connectivity index (χ1) is 15.0. The Labute approximate surface area is 191 Å². The molecule has 1 N–H and O–H groups in total. The molecule has 1 atom stereocenters. The van der Waals surface area contributed by atoms with Gasteiger partial charge in [0, 0.05) is 41.7 Å². The molecule has 0 amide bonds. The number of piperidine rings is 1. The maximum absolute atomic E-state index is 13.4. The first kappa shape index (κ1) is 22.9. The highest BCUT2D eigenvalue weighted by Gasteiger charge is 2.26. The molecule has 9 heteroatoms. The minimum Gasteiger partial charge on any atom is -0.385 e. The lowest BCUT2D eigenvalue weighted by Crippen LogP contribution is -2.37. The number of nitrogens with zero attached hydrogens (tertiary/aromatic N) is 4. The smallest absolute Gasteiger partial charge is 0.257 e. The Morgan fingerprint density at radius 3 is 2.78 bits per heavy atom. The molecule has 1 saturated heterocycles. The Balaban J connectivity index is 0.00000245. The second kappa shape index (κ2) is 9.29. The average molecular weight is 463 g/mol. The van der Waals surface area contributed by atoms with Gasteiger partial charge in [-0.05, 0) is 64.3 Å². The molecule has 0 bridgehead atoms. The lowest BCUT2D eigenvalue weighted by atomic mass is 9.91. The van der Waals surface area contributed by atoms with Crippen molar-refractivity contribution >= 4 is 23.4 Å². The van der Waals surface area contributed by atoms with Crippen LogP contribution < -0.4 is 5.56 Å². The van der Waals surface area contributed by atoms with Gasteiger partial charge < -0.3 is 14.5 Å². The van der Waals surface area contributed by atoms with Gasteiger partial charge in [0.2, 0.25) is 0 Å². The Hall–Kier alpha value is -2.29. The fourth-order valence-electron chi connectivity index (χ4n) is 4.98. The summed E-state index contributed by atoms with van der Waals surface area (Å²) in [6.45, 7) is 5.13. The number of hydrogen-bond acceptors (Lipinski definition) is 6. The van der Waals surface area contributed by atoms with Gasteiger partial charge in [-0.25, -0.2) is 9.37 Å². The van der Waals surface area contributed by atoms with Crippen molar-refractivity contribution in [2.45, 2.75) is 57.6 Å². The molecule has 0 aliphatic carbocycles. The topological polar surface area (TPSA) is 84.4 Å². The number of fused-ring (bicyclic) bond motifs is 2. The normalized spacial score (nSPS) is 19.7. The quantitative estimate of drug-likeness (QED) is 0.638. The molecule has 3 aromatic rings. The van der Waals surface area contributed by atoms with E-state index in [1.54, 1.807) is 10.6 Å². The number of aliphatic hydroxyl groups is 1. The zero-order valence-electron chi connectivity index (χ0n) is 18.1. The zero-order chi connectivity index (χ0) is 21.5. The van der Waals surface area contributed by atoms with Crippen molar-refractivity contribution in [2.75, 3.05) is 19.6 Å². The van der Waals surface area contributed by atoms with Crippen molar-refractivity contribution in [2.24, 2.45) is 0 Å². The number of aryl methyl sites for hydroxylation is 1. The van der Waals surface area contributed by atoms with Gasteiger partial charge in [0.25, 0.3) is 5.56 Å². The summed E-state index contributed by atoms with van der Waals surface area (Å²) < 4.78 is 20.4. The average Bonchev–Trinajstić information content (AvgIpc) is 3.18. The van der Waals surface area contributed by atoms with Crippen LogP contribution >= 0.6 is 12.4 Å². The molecule has 172 valence electrons. The summed E-state index contributed by atoms with van der Waals surface area (Å²) in [4.78, 5) is 19.9. The number of rotatable bonds is 4. The number of likely N-dealkylation sites (tertiary alicyclic amines) is 1. The number of aromatic nitrogens is 3. The van der Waals surface area contributed by atoms with Crippen LogP contribution in [0.25, 0.3) is 11.0 Å². The molecule has 2 aliphatic rings. The standard InChI is InChI=1S/C23H27FN4O3.ClH/c1-14-17(23(30)28-9-2-3-19(29)22(28)25-14)8-12-27-10-6-15(7-11-27)21-18-5-4-16(24)13-20(18)31-26-21;/h4-5,13,15,19,29H,2-3,6-12H2,1H3;1H/t19-;/m1./s1. The fraction of sp³-hybridized carbons (Fsp3) is 0.522. The van der Waals surface area contributed by atoms with E-state index in [4.69, 9.17) is 4.52 Å². The molecule has 0 radical (unpaired) electrons. The van der Waals surface area contributed by atoms with E-state index in [9.17, 15) is 14.3 Å². The fourth-order valence-corrected chi connectivity index (χ4v) is 4.98. The monoisotopic (exact) mass is 462 g/mol. The van der Waals surface area contributed by atoms with Crippen molar-refractivity contribution in [1.82, 2.24) is 19.6 Å². The predicted molar refractivity (Wildman–Crippen MR) is 121 cm³/mol. The van der Waals surface area contributed by atoms with Crippen LogP contribution in [0.1, 0.15) is 60.5 Å². The largest absolute Gasteiger partial charge is 0.385 e. The lowest BCUT2D eigenvalue weighted by Gasteiger charge is -2.31. The van der Waals surface area contributed by atoms with Gasteiger partial charge in [-0.2, -0.15) is 0 Å². The van der Waals surface area contributed by atoms with Gasteiger partial charge in [0.05, 0.1) is 5.69 Å². The van der Waals surface area contributed by atoms with E-state index in [2.05, 4.69) is 15.0 Å². The van der Waals surface area contributed by atoms with E-state index < -0.39 is 6.10 Å². The van der Waals surface area contributed by atoms with Crippen molar-refractivity contribution in [3.8, 4) is 0 Å². The van der Waals surface area contributed by atoms with E-state index >= 15 is 0 Å². The molecule has 0 saturated carbocycles. The molecular formula is C23H28ClFN4O3. The van der Waals surface area contributed by atoms with Crippen molar-refractivity contribution < 1.29 is 14.0 Å². The summed E-state index contributed by atoms with van der Waals surface area (Å²) >= 11 is 0. The van der Waals surface area contributed by atoms with Gasteiger partial charge in [-0.3, -0.25) is 9.36 Å². The third-order valence-electron chi connectivity index (χ3n) is 6.77. The Kier molecular flexibility index (Phi) is 6.65. The van der Waals surface area contributed by atoms with Crippen LogP contribution in [-0.2, 0) is 13.0 Å². The number of aliphatic hydroxyl groups excluding tert-OH is 1. The highest BCUT2D eigenvalue weighted by Crippen LogP contribution is 2.32. The maximum atomic E-state index is 13.4. The van der Waals surface area contributed by atoms with Crippen molar-refractivity contribution in [3.05, 3.63) is 57.1 Å². The molecule has 2 aromatic heterocycles. The molecule has 4 heterocycles. The van der Waals surface area contributed by atoms with Crippen LogP contribution in [0.5, 0.6) is 0 Å². The van der Waals surface area contributed by atoms with Crippen molar-refractivity contribution in [3.63, 3.8) is 0 Å². The van der Waals surface area contributed by atoms with Crippen LogP contribution in [0.4, 0.5) is 4.39 Å². The molecule has 0 unspecified atom stereocenters. The van der Waals surface area contributed by atoms with Crippen LogP contribution in [-0.4, -0.2) is 44.3 Å². The summed E-state index contributed by atoms with van der Waals surface area (Å²) in [6, 6.07) is 4.58. The van der Waals surface area contributed by atoms with Crippen LogP contribution in [0, 0.1) is 12.7 Å². The first-order valence-corrected chi connectivity index (χ1v) is 11.1. The highest BCUT2D eigenvalue weighted by atomic mass is 35.5. The highest BCUT2D eigenvalue weighted by molar-refractivity contribution is 5.85. The number of halogens is 2. The molecule has 5 rings (SSSR count). The zero-order valence-corrected chi connectivity index (χ0v) is 18.9. The van der Waals surface area contributed by atoms with E-state index in [0.29, 0.717) is 36.7 Å². The third kappa shape index (κ3) is 4.19. The van der Waals surface area contributed by atoms with Crippen LogP contribution in [0.15, 0.2) is 27.5 Å². The first-order valence-electron chi connectivity index (χ1n) is 11.1. The molecule has 32 heavy (non-hydrogen) atoms. The summed E-state index contributed by atoms with van der Waals surface area (Å²) in [5.74, 6) is 0.489. The molecule has 1 fully saturated rings. The van der Waals surface area contributed by atoms with E-state index in [0.717, 1.165) is 61.2 Å². The van der Waals surface area contributed by atoms with E-state index in [1.165, 1.54) is 12.1 Å². The second-order valence-electron chi connectivity index (χ2n) is 8.72. The number of hydrogen-bond donors (Lipinski definition) is 1. The lowest BCUT2D eigenvalue weighted by molar-refractivity contribution is 0.129. The molecular weight excluding hydrogens is 435 g/mol. The molecule has 7 nitrogen and oxygen atoms in total.